The summed E-state index contributed by atoms with van der Waals surface area (Å²) < 4.78 is 17.1. The first-order chi connectivity index (χ1) is 12.0. The van der Waals surface area contributed by atoms with Crippen LogP contribution in [0.3, 0.4) is 0 Å². The summed E-state index contributed by atoms with van der Waals surface area (Å²) in [6.07, 6.45) is 2.61. The summed E-state index contributed by atoms with van der Waals surface area (Å²) in [4.78, 5) is 16.0. The predicted octanol–water partition coefficient (Wildman–Crippen LogP) is 5.45. The molecule has 3 rings (SSSR count). The van der Waals surface area contributed by atoms with Gasteiger partial charge in [-0.05, 0) is 49.2 Å². The number of rotatable bonds is 3. The van der Waals surface area contributed by atoms with Gasteiger partial charge in [0.25, 0.3) is 0 Å². The molecule has 0 aliphatic rings. The van der Waals surface area contributed by atoms with Gasteiger partial charge in [-0.2, -0.15) is 0 Å². The van der Waals surface area contributed by atoms with E-state index in [-0.39, 0.29) is 11.8 Å². The Kier molecular flexibility index (Phi) is 6.90. The third-order valence-electron chi connectivity index (χ3n) is 3.50. The number of hydrogen-bond acceptors (Lipinski definition) is 3. The number of ether oxygens (including phenoxy) is 1. The van der Waals surface area contributed by atoms with Crippen molar-refractivity contribution in [2.75, 3.05) is 6.61 Å². The predicted molar refractivity (Wildman–Crippen MR) is 98.5 cm³/mol. The molecule has 0 spiro atoms. The van der Waals surface area contributed by atoms with Gasteiger partial charge in [-0.15, -0.1) is 0 Å². The molecule has 0 bridgehead atoms. The minimum atomic E-state index is -0.294. The number of esters is 1. The Bertz CT molecular complexity index is 850. The molecule has 1 aromatic heterocycles. The molecule has 5 heteroatoms. The van der Waals surface area contributed by atoms with Gasteiger partial charge in [0.2, 0.25) is 0 Å². The number of hydrogen-bond donors (Lipinski definition) is 0. The summed E-state index contributed by atoms with van der Waals surface area (Å²) in [6.45, 7) is 4.28. The Balaban J connectivity index is 0.000000236. The molecule has 0 fully saturated rings. The number of carbonyl (C=O) groups excluding carboxylic acids is 1. The largest absolute Gasteiger partial charge is 0.462 e. The molecule has 130 valence electrons. The first-order valence-corrected chi connectivity index (χ1v) is 8.38. The number of aryl methyl sites for hydroxylation is 1. The number of benzene rings is 2. The highest BCUT2D eigenvalue weighted by Crippen LogP contribution is 2.19. The van der Waals surface area contributed by atoms with E-state index in [1.807, 2.05) is 18.2 Å². The van der Waals surface area contributed by atoms with Gasteiger partial charge in [-0.25, -0.2) is 9.18 Å². The van der Waals surface area contributed by atoms with Crippen LogP contribution in [0.2, 0.25) is 5.02 Å². The van der Waals surface area contributed by atoms with Gasteiger partial charge in [-0.3, -0.25) is 4.98 Å². The summed E-state index contributed by atoms with van der Waals surface area (Å²) >= 11 is 5.40. The SMILES string of the molecule is CCOC(=O)c1ccnc2cc(CC)ccc12.Fc1cccc(Cl)c1. The molecule has 0 amide bonds. The first-order valence-electron chi connectivity index (χ1n) is 8.01. The molecule has 0 radical (unpaired) electrons. The fourth-order valence-corrected chi connectivity index (χ4v) is 2.44. The summed E-state index contributed by atoms with van der Waals surface area (Å²) in [5, 5.41) is 1.29. The molecule has 25 heavy (non-hydrogen) atoms. The van der Waals surface area contributed by atoms with Crippen molar-refractivity contribution in [2.45, 2.75) is 20.3 Å². The molecular weight excluding hydrogens is 341 g/mol. The Labute approximate surface area is 151 Å². The van der Waals surface area contributed by atoms with E-state index < -0.39 is 0 Å². The van der Waals surface area contributed by atoms with Crippen molar-refractivity contribution < 1.29 is 13.9 Å². The van der Waals surface area contributed by atoms with Crippen LogP contribution in [0.5, 0.6) is 0 Å². The zero-order valence-electron chi connectivity index (χ0n) is 14.1. The number of nitrogens with zero attached hydrogens (tertiary/aromatic N) is 1. The van der Waals surface area contributed by atoms with Crippen molar-refractivity contribution in [2.24, 2.45) is 0 Å². The molecule has 3 nitrogen and oxygen atoms in total. The van der Waals surface area contributed by atoms with Crippen LogP contribution in [0, 0.1) is 5.82 Å². The molecule has 1 heterocycles. The van der Waals surface area contributed by atoms with Gasteiger partial charge in [0.05, 0.1) is 17.7 Å². The zero-order chi connectivity index (χ0) is 18.2. The van der Waals surface area contributed by atoms with Gasteiger partial charge in [0.15, 0.2) is 0 Å². The number of fused-ring (bicyclic) bond motifs is 1. The smallest absolute Gasteiger partial charge is 0.338 e. The molecule has 0 N–H and O–H groups in total. The summed E-state index contributed by atoms with van der Waals surface area (Å²) in [6, 6.07) is 13.5. The Morgan fingerprint density at radius 3 is 2.56 bits per heavy atom. The average molecular weight is 360 g/mol. The third-order valence-corrected chi connectivity index (χ3v) is 3.73. The molecule has 0 saturated carbocycles. The molecule has 0 saturated heterocycles. The molecule has 3 aromatic rings. The van der Waals surface area contributed by atoms with Crippen LogP contribution in [-0.4, -0.2) is 17.6 Å². The number of carbonyl (C=O) groups is 1. The van der Waals surface area contributed by atoms with E-state index >= 15 is 0 Å². The molecule has 0 unspecified atom stereocenters. The van der Waals surface area contributed by atoms with E-state index in [4.69, 9.17) is 16.3 Å². The highest BCUT2D eigenvalue weighted by molar-refractivity contribution is 6.30. The quantitative estimate of drug-likeness (QED) is 0.583. The van der Waals surface area contributed by atoms with Gasteiger partial charge < -0.3 is 4.74 Å². The highest BCUT2D eigenvalue weighted by atomic mass is 35.5. The summed E-state index contributed by atoms with van der Waals surface area (Å²) in [5.74, 6) is -0.582. The fraction of sp³-hybridized carbons (Fsp3) is 0.200. The van der Waals surface area contributed by atoms with E-state index in [2.05, 4.69) is 11.9 Å². The minimum absolute atomic E-state index is 0.288. The minimum Gasteiger partial charge on any atom is -0.462 e. The van der Waals surface area contributed by atoms with Crippen LogP contribution in [0.15, 0.2) is 54.7 Å². The maximum atomic E-state index is 12.1. The van der Waals surface area contributed by atoms with E-state index in [1.54, 1.807) is 31.3 Å². The number of aromatic nitrogens is 1. The lowest BCUT2D eigenvalue weighted by Crippen LogP contribution is -2.05. The normalized spacial score (nSPS) is 10.1. The molecule has 0 atom stereocenters. The second-order valence-corrected chi connectivity index (χ2v) is 5.66. The Morgan fingerprint density at radius 1 is 1.16 bits per heavy atom. The lowest BCUT2D eigenvalue weighted by atomic mass is 10.1. The summed E-state index contributed by atoms with van der Waals surface area (Å²) in [5.41, 5.74) is 2.64. The third kappa shape index (κ3) is 5.26. The molecule has 0 aliphatic carbocycles. The van der Waals surface area contributed by atoms with Gasteiger partial charge in [-0.1, -0.05) is 36.7 Å². The van der Waals surface area contributed by atoms with Gasteiger partial charge in [0.1, 0.15) is 5.82 Å². The van der Waals surface area contributed by atoms with Gasteiger partial charge in [0, 0.05) is 16.6 Å². The lowest BCUT2D eigenvalue weighted by molar-refractivity contribution is 0.0528. The Hall–Kier alpha value is -2.46. The maximum absolute atomic E-state index is 12.1. The van der Waals surface area contributed by atoms with Crippen LogP contribution in [0.25, 0.3) is 10.9 Å². The molecule has 0 aliphatic heterocycles. The standard InChI is InChI=1S/C14H15NO2.C6H4ClF/c1-3-10-5-6-11-12(14(16)17-4-2)7-8-15-13(11)9-10;7-5-2-1-3-6(8)4-5/h5-9H,3-4H2,1-2H3;1-4H. The van der Waals surface area contributed by atoms with Crippen LogP contribution >= 0.6 is 11.6 Å². The van der Waals surface area contributed by atoms with Gasteiger partial charge >= 0.3 is 5.97 Å². The monoisotopic (exact) mass is 359 g/mol. The van der Waals surface area contributed by atoms with Crippen molar-refractivity contribution in [3.63, 3.8) is 0 Å². The highest BCUT2D eigenvalue weighted by Gasteiger charge is 2.11. The fourth-order valence-electron chi connectivity index (χ4n) is 2.26. The second-order valence-electron chi connectivity index (χ2n) is 5.22. The van der Waals surface area contributed by atoms with Crippen molar-refractivity contribution in [1.29, 1.82) is 0 Å². The van der Waals surface area contributed by atoms with E-state index in [0.29, 0.717) is 17.2 Å². The maximum Gasteiger partial charge on any atom is 0.338 e. The van der Waals surface area contributed by atoms with E-state index in [0.717, 1.165) is 17.3 Å². The van der Waals surface area contributed by atoms with Crippen molar-refractivity contribution >= 4 is 28.5 Å². The van der Waals surface area contributed by atoms with Crippen LogP contribution in [0.4, 0.5) is 4.39 Å². The Morgan fingerprint density at radius 2 is 1.96 bits per heavy atom. The van der Waals surface area contributed by atoms with Crippen LogP contribution < -0.4 is 0 Å². The lowest BCUT2D eigenvalue weighted by Gasteiger charge is -2.06. The number of pyridine rings is 1. The van der Waals surface area contributed by atoms with Crippen molar-refractivity contribution in [3.8, 4) is 0 Å². The van der Waals surface area contributed by atoms with Crippen molar-refractivity contribution in [3.05, 3.63) is 76.7 Å². The zero-order valence-corrected chi connectivity index (χ0v) is 14.9. The second kappa shape index (κ2) is 9.14. The average Bonchev–Trinajstić information content (AvgIpc) is 2.61. The first kappa shape index (κ1) is 18.9. The molecular formula is C20H19ClFNO2. The van der Waals surface area contributed by atoms with Crippen LogP contribution in [0.1, 0.15) is 29.8 Å². The summed E-state index contributed by atoms with van der Waals surface area (Å²) in [7, 11) is 0. The van der Waals surface area contributed by atoms with Crippen molar-refractivity contribution in [1.82, 2.24) is 4.98 Å². The number of halogens is 2. The molecule has 2 aromatic carbocycles. The van der Waals surface area contributed by atoms with E-state index in [9.17, 15) is 9.18 Å². The topological polar surface area (TPSA) is 39.2 Å². The van der Waals surface area contributed by atoms with Crippen LogP contribution in [-0.2, 0) is 11.2 Å². The van der Waals surface area contributed by atoms with E-state index in [1.165, 1.54) is 17.7 Å².